The zero-order valence-electron chi connectivity index (χ0n) is 29.0. The fourth-order valence-corrected chi connectivity index (χ4v) is 7.63. The molecule has 1 aromatic rings. The van der Waals surface area contributed by atoms with Crippen LogP contribution in [0.4, 0.5) is 0 Å². The minimum atomic E-state index is -1.76. The first-order valence-corrected chi connectivity index (χ1v) is 18.3. The summed E-state index contributed by atoms with van der Waals surface area (Å²) < 4.78 is 11.4. The number of fused-ring (bicyclic) bond motifs is 1. The van der Waals surface area contributed by atoms with Crippen LogP contribution in [0.3, 0.4) is 0 Å². The van der Waals surface area contributed by atoms with Crippen molar-refractivity contribution in [1.82, 2.24) is 4.90 Å². The first kappa shape index (κ1) is 37.9. The molecule has 0 bridgehead atoms. The molecule has 2 fully saturated rings. The van der Waals surface area contributed by atoms with E-state index in [0.29, 0.717) is 13.0 Å². The lowest BCUT2D eigenvalue weighted by atomic mass is 9.98. The fraction of sp³-hybridized carbons (Fsp3) is 0.816. The first-order chi connectivity index (χ1) is 21.6. The maximum absolute atomic E-state index is 13.5. The third kappa shape index (κ3) is 9.53. The van der Waals surface area contributed by atoms with Gasteiger partial charge in [-0.2, -0.15) is 0 Å². The summed E-state index contributed by atoms with van der Waals surface area (Å²) in [5.41, 5.74) is -3.17. The van der Waals surface area contributed by atoms with Gasteiger partial charge >= 0.3 is 0 Å². The van der Waals surface area contributed by atoms with E-state index < -0.39 is 35.1 Å². The molecule has 0 spiro atoms. The number of carbonyl (C=O) groups excluding carboxylic acids is 1. The molecule has 2 aliphatic rings. The number of aryl methyl sites for hydroxylation is 1. The second-order valence-corrected chi connectivity index (χ2v) is 14.3. The predicted octanol–water partition coefficient (Wildman–Crippen LogP) is 7.33. The molecule has 7 nitrogen and oxygen atoms in total. The van der Waals surface area contributed by atoms with Crippen LogP contribution < -0.4 is 0 Å². The Bertz CT molecular complexity index is 972. The highest BCUT2D eigenvalue weighted by Gasteiger charge is 2.90. The fourth-order valence-electron chi connectivity index (χ4n) is 7.63. The molecular formula is C38H65NO6. The number of methoxy groups -OCH3 is 1. The van der Waals surface area contributed by atoms with Gasteiger partial charge in [0.15, 0.2) is 6.29 Å². The summed E-state index contributed by atoms with van der Waals surface area (Å²) in [4.78, 5) is 15.3. The van der Waals surface area contributed by atoms with Gasteiger partial charge < -0.3 is 29.7 Å². The first-order valence-electron chi connectivity index (χ1n) is 18.3. The highest BCUT2D eigenvalue weighted by Crippen LogP contribution is 2.71. The summed E-state index contributed by atoms with van der Waals surface area (Å²) in [6, 6.07) is 10.3. The number of carbonyl (C=O) groups is 1. The SMILES string of the molecule is CCCCCCCCCCCCCCCCCC(=O)N(CCCCc1ccccc1)C[C@H]1O[C@@H](OC)[C@H](O)[C@]2(O)C(C)(C)[C@]12O. The molecular weight excluding hydrogens is 566 g/mol. The number of benzene rings is 1. The molecule has 0 unspecified atom stereocenters. The third-order valence-corrected chi connectivity index (χ3v) is 10.8. The highest BCUT2D eigenvalue weighted by molar-refractivity contribution is 5.76. The molecule has 1 amide bonds. The lowest BCUT2D eigenvalue weighted by Gasteiger charge is -2.41. The molecule has 1 saturated carbocycles. The molecule has 45 heavy (non-hydrogen) atoms. The van der Waals surface area contributed by atoms with Crippen molar-refractivity contribution >= 4 is 5.91 Å². The summed E-state index contributed by atoms with van der Waals surface area (Å²) in [5, 5.41) is 33.7. The molecule has 1 heterocycles. The zero-order valence-corrected chi connectivity index (χ0v) is 29.0. The predicted molar refractivity (Wildman–Crippen MR) is 181 cm³/mol. The van der Waals surface area contributed by atoms with Crippen LogP contribution in [0.2, 0.25) is 0 Å². The Labute approximate surface area is 274 Å². The van der Waals surface area contributed by atoms with Gasteiger partial charge in [0, 0.05) is 32.0 Å². The second-order valence-electron chi connectivity index (χ2n) is 14.3. The number of hydrogen-bond acceptors (Lipinski definition) is 6. The van der Waals surface area contributed by atoms with Gasteiger partial charge in [0.1, 0.15) is 23.4 Å². The zero-order chi connectivity index (χ0) is 32.8. The lowest BCUT2D eigenvalue weighted by Crippen LogP contribution is -2.60. The normalized spacial score (nSPS) is 26.9. The average Bonchev–Trinajstić information content (AvgIpc) is 3.42. The summed E-state index contributed by atoms with van der Waals surface area (Å²) in [6.45, 7) is 6.43. The van der Waals surface area contributed by atoms with E-state index in [1.54, 1.807) is 18.7 Å². The Morgan fingerprint density at radius 3 is 1.87 bits per heavy atom. The van der Waals surface area contributed by atoms with Gasteiger partial charge in [-0.3, -0.25) is 4.79 Å². The third-order valence-electron chi connectivity index (χ3n) is 10.8. The van der Waals surface area contributed by atoms with E-state index in [4.69, 9.17) is 9.47 Å². The highest BCUT2D eigenvalue weighted by atomic mass is 16.7. The van der Waals surface area contributed by atoms with Crippen LogP contribution in [0.25, 0.3) is 0 Å². The summed E-state index contributed by atoms with van der Waals surface area (Å²) in [7, 11) is 1.41. The van der Waals surface area contributed by atoms with Crippen molar-refractivity contribution in [3.8, 4) is 0 Å². The van der Waals surface area contributed by atoms with Gasteiger partial charge in [-0.25, -0.2) is 0 Å². The topological polar surface area (TPSA) is 99.5 Å². The number of unbranched alkanes of at least 4 members (excludes halogenated alkanes) is 15. The Balaban J connectivity index is 1.42. The monoisotopic (exact) mass is 631 g/mol. The van der Waals surface area contributed by atoms with Crippen molar-refractivity contribution in [2.75, 3.05) is 20.2 Å². The van der Waals surface area contributed by atoms with E-state index in [2.05, 4.69) is 19.1 Å². The number of ether oxygens (including phenoxy) is 2. The van der Waals surface area contributed by atoms with E-state index in [1.165, 1.54) is 89.7 Å². The molecule has 3 N–H and O–H groups in total. The largest absolute Gasteiger partial charge is 0.385 e. The molecule has 0 radical (unpaired) electrons. The molecule has 5 atom stereocenters. The molecule has 1 aliphatic heterocycles. The summed E-state index contributed by atoms with van der Waals surface area (Å²) in [5.74, 6) is 0.0543. The second kappa shape index (κ2) is 18.7. The molecule has 1 saturated heterocycles. The Kier molecular flexibility index (Phi) is 15.8. The van der Waals surface area contributed by atoms with Gasteiger partial charge in [-0.1, -0.05) is 141 Å². The Morgan fingerprint density at radius 2 is 1.33 bits per heavy atom. The molecule has 1 aliphatic carbocycles. The smallest absolute Gasteiger partial charge is 0.222 e. The minimum absolute atomic E-state index is 0.0543. The minimum Gasteiger partial charge on any atom is -0.385 e. The molecule has 0 aromatic heterocycles. The van der Waals surface area contributed by atoms with E-state index in [1.807, 2.05) is 18.2 Å². The van der Waals surface area contributed by atoms with Gasteiger partial charge in [-0.05, 0) is 31.2 Å². The quantitative estimate of drug-likeness (QED) is 0.103. The molecule has 3 rings (SSSR count). The van der Waals surface area contributed by atoms with E-state index in [9.17, 15) is 20.1 Å². The van der Waals surface area contributed by atoms with Crippen molar-refractivity contribution in [3.05, 3.63) is 35.9 Å². The van der Waals surface area contributed by atoms with Crippen LogP contribution in [0.5, 0.6) is 0 Å². The Hall–Kier alpha value is -1.51. The van der Waals surface area contributed by atoms with Crippen LogP contribution in [0.15, 0.2) is 30.3 Å². The number of hydrogen-bond donors (Lipinski definition) is 3. The van der Waals surface area contributed by atoms with Crippen LogP contribution in [0.1, 0.15) is 142 Å². The van der Waals surface area contributed by atoms with Crippen LogP contribution in [0, 0.1) is 5.41 Å². The van der Waals surface area contributed by atoms with Gasteiger partial charge in [0.25, 0.3) is 0 Å². The number of aliphatic hydroxyl groups is 3. The van der Waals surface area contributed by atoms with Crippen LogP contribution >= 0.6 is 0 Å². The summed E-state index contributed by atoms with van der Waals surface area (Å²) in [6.07, 6.45) is 19.1. The molecule has 1 aromatic carbocycles. The number of amides is 1. The van der Waals surface area contributed by atoms with Crippen molar-refractivity contribution < 1.29 is 29.6 Å². The number of nitrogens with zero attached hydrogens (tertiary/aromatic N) is 1. The maximum Gasteiger partial charge on any atom is 0.222 e. The van der Waals surface area contributed by atoms with Crippen LogP contribution in [-0.4, -0.2) is 76.0 Å². The van der Waals surface area contributed by atoms with Crippen molar-refractivity contribution in [2.24, 2.45) is 5.41 Å². The van der Waals surface area contributed by atoms with Gasteiger partial charge in [-0.15, -0.1) is 0 Å². The van der Waals surface area contributed by atoms with Gasteiger partial charge in [0.05, 0.1) is 0 Å². The standard InChI is InChI=1S/C38H65NO6/c1-5-6-7-8-9-10-11-12-13-14-15-16-17-18-22-28-33(40)39(29-24-23-27-31-25-20-19-21-26-31)30-32-37(42)36(2,3)38(37,43)34(41)35(44-4)45-32/h19-21,25-26,32,34-35,41-43H,5-18,22-24,27-30H2,1-4H3/t32-,34+,35-,37-,38+/m1/s1. The van der Waals surface area contributed by atoms with E-state index >= 15 is 0 Å². The van der Waals surface area contributed by atoms with Crippen molar-refractivity contribution in [1.29, 1.82) is 0 Å². The number of rotatable bonds is 24. The number of aliphatic hydroxyl groups excluding tert-OH is 1. The Morgan fingerprint density at radius 1 is 0.800 bits per heavy atom. The summed E-state index contributed by atoms with van der Waals surface area (Å²) >= 11 is 0. The average molecular weight is 632 g/mol. The maximum atomic E-state index is 13.5. The van der Waals surface area contributed by atoms with E-state index in [0.717, 1.165) is 38.5 Å². The molecule has 7 heteroatoms. The van der Waals surface area contributed by atoms with Crippen molar-refractivity contribution in [2.45, 2.75) is 172 Å². The van der Waals surface area contributed by atoms with E-state index in [-0.39, 0.29) is 12.5 Å². The molecule has 258 valence electrons. The lowest BCUT2D eigenvalue weighted by molar-refractivity contribution is -0.291. The van der Waals surface area contributed by atoms with Crippen molar-refractivity contribution in [3.63, 3.8) is 0 Å². The van der Waals surface area contributed by atoms with Crippen LogP contribution in [-0.2, 0) is 20.7 Å². The van der Waals surface area contributed by atoms with Gasteiger partial charge in [0.2, 0.25) is 5.91 Å².